The quantitative estimate of drug-likeness (QED) is 0.731. The fourth-order valence-corrected chi connectivity index (χ4v) is 2.13. The van der Waals surface area contributed by atoms with Crippen LogP contribution in [0, 0.1) is 0 Å². The maximum Gasteiger partial charge on any atom is 0.326 e. The first kappa shape index (κ1) is 13.8. The zero-order valence-corrected chi connectivity index (χ0v) is 10.1. The number of hydrogen-bond donors (Lipinski definition) is 2. The number of carbonyl (C=O) groups excluding carboxylic acids is 1. The maximum absolute atomic E-state index is 12.1. The molecular weight excluding hydrogens is 224 g/mol. The van der Waals surface area contributed by atoms with Crippen LogP contribution in [-0.4, -0.2) is 64.3 Å². The van der Waals surface area contributed by atoms with Crippen LogP contribution in [0.4, 0.5) is 4.79 Å². The van der Waals surface area contributed by atoms with Crippen molar-refractivity contribution in [3.63, 3.8) is 0 Å². The van der Waals surface area contributed by atoms with Gasteiger partial charge in [0.2, 0.25) is 0 Å². The smallest absolute Gasteiger partial charge is 0.326 e. The fraction of sp³-hybridized carbons (Fsp3) is 0.818. The molecule has 1 saturated heterocycles. The van der Waals surface area contributed by atoms with Crippen LogP contribution in [0.2, 0.25) is 0 Å². The van der Waals surface area contributed by atoms with Gasteiger partial charge in [-0.05, 0) is 19.3 Å². The highest BCUT2D eigenvalue weighted by Gasteiger charge is 2.35. The number of aliphatic hydroxyl groups excluding tert-OH is 1. The molecule has 0 aromatic heterocycles. The molecule has 17 heavy (non-hydrogen) atoms. The molecule has 6 heteroatoms. The summed E-state index contributed by atoms with van der Waals surface area (Å²) in [5, 5.41) is 17.9. The predicted octanol–water partition coefficient (Wildman–Crippen LogP) is 0.360. The van der Waals surface area contributed by atoms with Gasteiger partial charge in [-0.1, -0.05) is 6.92 Å². The van der Waals surface area contributed by atoms with Gasteiger partial charge in [0.15, 0.2) is 0 Å². The molecule has 1 rings (SSSR count). The van der Waals surface area contributed by atoms with Crippen molar-refractivity contribution in [2.45, 2.75) is 32.2 Å². The molecule has 0 aliphatic carbocycles. The Morgan fingerprint density at radius 2 is 2.12 bits per heavy atom. The highest BCUT2D eigenvalue weighted by atomic mass is 16.4. The Hall–Kier alpha value is -1.30. The van der Waals surface area contributed by atoms with Crippen molar-refractivity contribution >= 4 is 12.0 Å². The summed E-state index contributed by atoms with van der Waals surface area (Å²) in [5.74, 6) is -0.948. The van der Waals surface area contributed by atoms with Crippen LogP contribution in [-0.2, 0) is 4.79 Å². The van der Waals surface area contributed by atoms with E-state index >= 15 is 0 Å². The van der Waals surface area contributed by atoms with E-state index in [1.54, 1.807) is 0 Å². The molecule has 0 bridgehead atoms. The number of amides is 2. The van der Waals surface area contributed by atoms with Gasteiger partial charge < -0.3 is 20.0 Å². The largest absolute Gasteiger partial charge is 0.480 e. The number of aliphatic hydroxyl groups is 1. The van der Waals surface area contributed by atoms with Crippen molar-refractivity contribution < 1.29 is 19.8 Å². The van der Waals surface area contributed by atoms with Crippen molar-refractivity contribution in [2.75, 3.05) is 26.2 Å². The number of urea groups is 1. The SMILES string of the molecule is CCCN(CCO)C(=O)N1CCC[C@H]1C(=O)O. The predicted molar refractivity (Wildman–Crippen MR) is 61.7 cm³/mol. The maximum atomic E-state index is 12.1. The van der Waals surface area contributed by atoms with E-state index in [9.17, 15) is 9.59 Å². The molecule has 1 atom stereocenters. The molecule has 0 saturated carbocycles. The molecule has 1 fully saturated rings. The molecule has 1 heterocycles. The lowest BCUT2D eigenvalue weighted by atomic mass is 10.2. The number of rotatable bonds is 5. The van der Waals surface area contributed by atoms with Crippen LogP contribution in [0.25, 0.3) is 0 Å². The number of carboxylic acid groups (broad SMARTS) is 1. The average molecular weight is 244 g/mol. The summed E-state index contributed by atoms with van der Waals surface area (Å²) in [6.45, 7) is 3.13. The van der Waals surface area contributed by atoms with E-state index in [1.165, 1.54) is 9.80 Å². The zero-order chi connectivity index (χ0) is 12.8. The van der Waals surface area contributed by atoms with E-state index in [0.717, 1.165) is 12.8 Å². The van der Waals surface area contributed by atoms with Crippen LogP contribution in [0.5, 0.6) is 0 Å². The lowest BCUT2D eigenvalue weighted by Gasteiger charge is -2.29. The number of carbonyl (C=O) groups is 2. The number of hydrogen-bond acceptors (Lipinski definition) is 3. The molecular formula is C11H20N2O4. The normalized spacial score (nSPS) is 19.4. The molecule has 0 aromatic rings. The van der Waals surface area contributed by atoms with Crippen molar-refractivity contribution in [3.8, 4) is 0 Å². The standard InChI is InChI=1S/C11H20N2O4/c1-2-5-12(7-8-14)11(17)13-6-3-4-9(13)10(15)16/h9,14H,2-8H2,1H3,(H,15,16)/t9-/m0/s1. The van der Waals surface area contributed by atoms with Crippen LogP contribution < -0.4 is 0 Å². The summed E-state index contributed by atoms with van der Waals surface area (Å²) in [4.78, 5) is 26.0. The van der Waals surface area contributed by atoms with Gasteiger partial charge in [0, 0.05) is 19.6 Å². The highest BCUT2D eigenvalue weighted by molar-refractivity contribution is 5.83. The summed E-state index contributed by atoms with van der Waals surface area (Å²) < 4.78 is 0. The third kappa shape index (κ3) is 3.33. The van der Waals surface area contributed by atoms with Gasteiger partial charge in [-0.15, -0.1) is 0 Å². The summed E-state index contributed by atoms with van der Waals surface area (Å²) in [6, 6.07) is -0.980. The van der Waals surface area contributed by atoms with Crippen LogP contribution in [0.3, 0.4) is 0 Å². The number of aliphatic carboxylic acids is 1. The third-order valence-corrected chi connectivity index (χ3v) is 2.92. The van der Waals surface area contributed by atoms with Crippen LogP contribution >= 0.6 is 0 Å². The highest BCUT2D eigenvalue weighted by Crippen LogP contribution is 2.19. The zero-order valence-electron chi connectivity index (χ0n) is 10.1. The second kappa shape index (κ2) is 6.44. The fourth-order valence-electron chi connectivity index (χ4n) is 2.13. The summed E-state index contributed by atoms with van der Waals surface area (Å²) >= 11 is 0. The molecule has 2 amide bonds. The Bertz CT molecular complexity index is 277. The van der Waals surface area contributed by atoms with Crippen LogP contribution in [0.15, 0.2) is 0 Å². The first-order chi connectivity index (χ1) is 8.11. The second-order valence-electron chi connectivity index (χ2n) is 4.18. The minimum absolute atomic E-state index is 0.0999. The van der Waals surface area contributed by atoms with Gasteiger partial charge in [0.1, 0.15) is 6.04 Å². The molecule has 98 valence electrons. The van der Waals surface area contributed by atoms with E-state index in [4.69, 9.17) is 10.2 Å². The summed E-state index contributed by atoms with van der Waals surface area (Å²) in [6.07, 6.45) is 2.03. The minimum Gasteiger partial charge on any atom is -0.480 e. The lowest BCUT2D eigenvalue weighted by molar-refractivity contribution is -0.141. The first-order valence-corrected chi connectivity index (χ1v) is 6.01. The number of carboxylic acids is 1. The van der Waals surface area contributed by atoms with E-state index in [2.05, 4.69) is 0 Å². The van der Waals surface area contributed by atoms with Gasteiger partial charge in [-0.25, -0.2) is 9.59 Å². The Balaban J connectivity index is 2.68. The molecule has 0 aromatic carbocycles. The molecule has 1 aliphatic rings. The lowest BCUT2D eigenvalue weighted by Crippen LogP contribution is -2.49. The van der Waals surface area contributed by atoms with E-state index in [1.807, 2.05) is 6.92 Å². The van der Waals surface area contributed by atoms with Gasteiger partial charge in [-0.3, -0.25) is 0 Å². The molecule has 6 nitrogen and oxygen atoms in total. The van der Waals surface area contributed by atoms with Crippen molar-refractivity contribution in [1.82, 2.24) is 9.80 Å². The Morgan fingerprint density at radius 1 is 1.41 bits per heavy atom. The average Bonchev–Trinajstić information content (AvgIpc) is 2.76. The monoisotopic (exact) mass is 244 g/mol. The Labute approximate surface area is 101 Å². The number of likely N-dealkylation sites (tertiary alicyclic amines) is 1. The van der Waals surface area contributed by atoms with E-state index < -0.39 is 12.0 Å². The van der Waals surface area contributed by atoms with E-state index in [-0.39, 0.29) is 19.2 Å². The Kier molecular flexibility index (Phi) is 5.21. The third-order valence-electron chi connectivity index (χ3n) is 2.92. The Morgan fingerprint density at radius 3 is 2.65 bits per heavy atom. The molecule has 2 N–H and O–H groups in total. The topological polar surface area (TPSA) is 81.1 Å². The van der Waals surface area contributed by atoms with Gasteiger partial charge >= 0.3 is 12.0 Å². The second-order valence-corrected chi connectivity index (χ2v) is 4.18. The molecule has 1 aliphatic heterocycles. The van der Waals surface area contributed by atoms with Gasteiger partial charge in [0.25, 0.3) is 0 Å². The van der Waals surface area contributed by atoms with Gasteiger partial charge in [-0.2, -0.15) is 0 Å². The summed E-state index contributed by atoms with van der Waals surface area (Å²) in [5.41, 5.74) is 0. The molecule has 0 spiro atoms. The van der Waals surface area contributed by atoms with Crippen molar-refractivity contribution in [1.29, 1.82) is 0 Å². The van der Waals surface area contributed by atoms with Crippen molar-refractivity contribution in [2.24, 2.45) is 0 Å². The van der Waals surface area contributed by atoms with Crippen molar-refractivity contribution in [3.05, 3.63) is 0 Å². The van der Waals surface area contributed by atoms with Crippen LogP contribution in [0.1, 0.15) is 26.2 Å². The molecule has 0 unspecified atom stereocenters. The summed E-state index contributed by atoms with van der Waals surface area (Å²) in [7, 11) is 0. The molecule has 0 radical (unpaired) electrons. The number of nitrogens with zero attached hydrogens (tertiary/aromatic N) is 2. The van der Waals surface area contributed by atoms with Gasteiger partial charge in [0.05, 0.1) is 6.61 Å². The minimum atomic E-state index is -0.948. The van der Waals surface area contributed by atoms with E-state index in [0.29, 0.717) is 19.5 Å². The first-order valence-electron chi connectivity index (χ1n) is 6.01.